The molecule has 0 atom stereocenters. The van der Waals surface area contributed by atoms with Gasteiger partial charge in [0.15, 0.2) is 9.84 Å². The Balaban J connectivity index is 1.87. The van der Waals surface area contributed by atoms with E-state index < -0.39 is 15.9 Å². The van der Waals surface area contributed by atoms with Crippen molar-refractivity contribution in [2.75, 3.05) is 24.3 Å². The molecule has 138 valence electrons. The lowest BCUT2D eigenvalue weighted by atomic mass is 10.1. The fourth-order valence-electron chi connectivity index (χ4n) is 3.20. The minimum atomic E-state index is -3.45. The quantitative estimate of drug-likeness (QED) is 0.749. The van der Waals surface area contributed by atoms with Crippen LogP contribution >= 0.6 is 0 Å². The highest BCUT2D eigenvalue weighted by Gasteiger charge is 2.24. The number of carbonyl (C=O) groups excluding carboxylic acids is 1. The normalized spacial score (nSPS) is 14.6. The van der Waals surface area contributed by atoms with E-state index in [-0.39, 0.29) is 10.5 Å². The van der Waals surface area contributed by atoms with E-state index in [0.717, 1.165) is 6.26 Å². The molecule has 7 nitrogen and oxygen atoms in total. The third-order valence-corrected chi connectivity index (χ3v) is 5.63. The standard InChI is InChI=1S/C19H16N2O5S/c1-27(24,25)17-5-3-2-4-14(17)16-10-12-6-7-13(11-15(12)18(22)20-16)21-8-9-26-19(21)23/h2-7,10-11H,8-9H2,1H3,(H,20,22). The maximum absolute atomic E-state index is 12.6. The van der Waals surface area contributed by atoms with Gasteiger partial charge in [-0.15, -0.1) is 0 Å². The Labute approximate surface area is 155 Å². The summed E-state index contributed by atoms with van der Waals surface area (Å²) in [6, 6.07) is 13.4. The van der Waals surface area contributed by atoms with Gasteiger partial charge in [0.25, 0.3) is 5.56 Å². The van der Waals surface area contributed by atoms with E-state index in [1.54, 1.807) is 42.5 Å². The van der Waals surface area contributed by atoms with Gasteiger partial charge in [-0.2, -0.15) is 0 Å². The molecule has 1 fully saturated rings. The largest absolute Gasteiger partial charge is 0.447 e. The maximum atomic E-state index is 12.6. The van der Waals surface area contributed by atoms with Crippen LogP contribution in [0.1, 0.15) is 0 Å². The minimum Gasteiger partial charge on any atom is -0.447 e. The zero-order chi connectivity index (χ0) is 19.2. The number of H-pyrrole nitrogens is 1. The number of fused-ring (bicyclic) bond motifs is 1. The van der Waals surface area contributed by atoms with E-state index >= 15 is 0 Å². The van der Waals surface area contributed by atoms with Crippen LogP contribution in [0.2, 0.25) is 0 Å². The molecule has 0 radical (unpaired) electrons. The molecule has 0 unspecified atom stereocenters. The summed E-state index contributed by atoms with van der Waals surface area (Å²) in [6.45, 7) is 0.747. The fraction of sp³-hybridized carbons (Fsp3) is 0.158. The first kappa shape index (κ1) is 17.3. The lowest BCUT2D eigenvalue weighted by molar-refractivity contribution is 0.181. The van der Waals surface area contributed by atoms with Crippen LogP contribution in [0.25, 0.3) is 22.0 Å². The average Bonchev–Trinajstić information content (AvgIpc) is 3.07. The Bertz CT molecular complexity index is 1230. The van der Waals surface area contributed by atoms with E-state index in [2.05, 4.69) is 4.98 Å². The number of aromatic nitrogens is 1. The first-order valence-corrected chi connectivity index (χ1v) is 10.1. The molecule has 27 heavy (non-hydrogen) atoms. The maximum Gasteiger partial charge on any atom is 0.414 e. The summed E-state index contributed by atoms with van der Waals surface area (Å²) >= 11 is 0. The van der Waals surface area contributed by atoms with Crippen LogP contribution in [-0.4, -0.2) is 38.9 Å². The topological polar surface area (TPSA) is 96.5 Å². The molecule has 0 aliphatic carbocycles. The van der Waals surface area contributed by atoms with Crippen molar-refractivity contribution in [2.24, 2.45) is 0 Å². The smallest absolute Gasteiger partial charge is 0.414 e. The first-order chi connectivity index (χ1) is 12.8. The Morgan fingerprint density at radius 2 is 1.85 bits per heavy atom. The fourth-order valence-corrected chi connectivity index (χ4v) is 4.10. The van der Waals surface area contributed by atoms with E-state index in [1.807, 2.05) is 0 Å². The monoisotopic (exact) mass is 384 g/mol. The van der Waals surface area contributed by atoms with Gasteiger partial charge in [-0.3, -0.25) is 9.69 Å². The van der Waals surface area contributed by atoms with E-state index in [9.17, 15) is 18.0 Å². The molecule has 3 aromatic rings. The molecule has 4 rings (SSSR count). The third kappa shape index (κ3) is 3.08. The van der Waals surface area contributed by atoms with Crippen molar-refractivity contribution in [2.45, 2.75) is 4.90 Å². The van der Waals surface area contributed by atoms with Gasteiger partial charge in [0.1, 0.15) is 6.61 Å². The predicted octanol–water partition coefficient (Wildman–Crippen LogP) is 2.56. The summed E-state index contributed by atoms with van der Waals surface area (Å²) in [6.07, 6.45) is 0.691. The number of aromatic amines is 1. The Hall–Kier alpha value is -3.13. The Morgan fingerprint density at radius 1 is 1.07 bits per heavy atom. The van der Waals surface area contributed by atoms with Crippen molar-refractivity contribution < 1.29 is 17.9 Å². The number of hydrogen-bond acceptors (Lipinski definition) is 5. The Kier molecular flexibility index (Phi) is 4.00. The van der Waals surface area contributed by atoms with Crippen LogP contribution in [0.5, 0.6) is 0 Å². The minimum absolute atomic E-state index is 0.149. The number of amides is 1. The Morgan fingerprint density at radius 3 is 2.56 bits per heavy atom. The van der Waals surface area contributed by atoms with Crippen molar-refractivity contribution in [1.82, 2.24) is 4.98 Å². The summed E-state index contributed by atoms with van der Waals surface area (Å²) in [5.41, 5.74) is 1.08. The molecule has 1 amide bonds. The molecule has 0 bridgehead atoms. The van der Waals surface area contributed by atoms with Gasteiger partial charge in [-0.1, -0.05) is 24.3 Å². The van der Waals surface area contributed by atoms with Crippen molar-refractivity contribution in [1.29, 1.82) is 0 Å². The summed E-state index contributed by atoms with van der Waals surface area (Å²) in [4.78, 5) is 28.7. The van der Waals surface area contributed by atoms with Crippen LogP contribution in [0.3, 0.4) is 0 Å². The SMILES string of the molecule is CS(=O)(=O)c1ccccc1-c1cc2ccc(N3CCOC3=O)cc2c(=O)[nH]1. The second-order valence-corrected chi connectivity index (χ2v) is 8.30. The van der Waals surface area contributed by atoms with Crippen LogP contribution in [0.15, 0.2) is 58.2 Å². The van der Waals surface area contributed by atoms with Gasteiger partial charge in [0.2, 0.25) is 0 Å². The van der Waals surface area contributed by atoms with Gasteiger partial charge < -0.3 is 9.72 Å². The number of carbonyl (C=O) groups is 1. The summed E-state index contributed by atoms with van der Waals surface area (Å²) in [7, 11) is -3.45. The molecule has 2 aromatic carbocycles. The van der Waals surface area contributed by atoms with E-state index in [4.69, 9.17) is 4.74 Å². The number of nitrogens with zero attached hydrogens (tertiary/aromatic N) is 1. The summed E-state index contributed by atoms with van der Waals surface area (Å²) < 4.78 is 29.0. The molecule has 1 aliphatic heterocycles. The molecular formula is C19H16N2O5S. The molecular weight excluding hydrogens is 368 g/mol. The number of rotatable bonds is 3. The van der Waals surface area contributed by atoms with Gasteiger partial charge in [-0.05, 0) is 29.7 Å². The van der Waals surface area contributed by atoms with Gasteiger partial charge in [-0.25, -0.2) is 13.2 Å². The van der Waals surface area contributed by atoms with Crippen LogP contribution in [0.4, 0.5) is 10.5 Å². The number of benzene rings is 2. The zero-order valence-electron chi connectivity index (χ0n) is 14.4. The second kappa shape index (κ2) is 6.24. The number of cyclic esters (lactones) is 1. The number of nitrogens with one attached hydrogen (secondary N) is 1. The molecule has 2 heterocycles. The third-order valence-electron chi connectivity index (χ3n) is 4.48. The predicted molar refractivity (Wildman–Crippen MR) is 102 cm³/mol. The van der Waals surface area contributed by atoms with Crippen molar-refractivity contribution in [3.05, 3.63) is 58.9 Å². The molecule has 8 heteroatoms. The number of ether oxygens (including phenoxy) is 1. The summed E-state index contributed by atoms with van der Waals surface area (Å²) in [5, 5.41) is 1.06. The highest BCUT2D eigenvalue weighted by Crippen LogP contribution is 2.28. The van der Waals surface area contributed by atoms with Crippen molar-refractivity contribution >= 4 is 32.4 Å². The number of sulfone groups is 1. The highest BCUT2D eigenvalue weighted by atomic mass is 32.2. The van der Waals surface area contributed by atoms with Gasteiger partial charge >= 0.3 is 6.09 Å². The van der Waals surface area contributed by atoms with E-state index in [1.165, 1.54) is 11.0 Å². The second-order valence-electron chi connectivity index (χ2n) is 6.32. The van der Waals surface area contributed by atoms with Crippen molar-refractivity contribution in [3.8, 4) is 11.3 Å². The van der Waals surface area contributed by atoms with E-state index in [0.29, 0.717) is 40.9 Å². The van der Waals surface area contributed by atoms with Gasteiger partial charge in [0.05, 0.1) is 17.1 Å². The zero-order valence-corrected chi connectivity index (χ0v) is 15.2. The molecule has 1 N–H and O–H groups in total. The molecule has 1 saturated heterocycles. The van der Waals surface area contributed by atoms with Crippen molar-refractivity contribution in [3.63, 3.8) is 0 Å². The summed E-state index contributed by atoms with van der Waals surface area (Å²) in [5.74, 6) is 0. The highest BCUT2D eigenvalue weighted by molar-refractivity contribution is 7.90. The molecule has 1 aliphatic rings. The lowest BCUT2D eigenvalue weighted by Crippen LogP contribution is -2.23. The molecule has 0 saturated carbocycles. The van der Waals surface area contributed by atoms with Crippen LogP contribution in [-0.2, 0) is 14.6 Å². The first-order valence-electron chi connectivity index (χ1n) is 8.25. The number of anilines is 1. The molecule has 1 aromatic heterocycles. The molecule has 0 spiro atoms. The van der Waals surface area contributed by atoms with Gasteiger partial charge in [0, 0.05) is 22.9 Å². The average molecular weight is 384 g/mol. The number of pyridine rings is 1. The van der Waals surface area contributed by atoms with Crippen LogP contribution in [0, 0.1) is 0 Å². The number of hydrogen-bond donors (Lipinski definition) is 1. The lowest BCUT2D eigenvalue weighted by Gasteiger charge is -2.14. The van der Waals surface area contributed by atoms with Crippen LogP contribution < -0.4 is 10.5 Å².